The monoisotopic (exact) mass is 270 g/mol. The molecule has 2 N–H and O–H groups in total. The summed E-state index contributed by atoms with van der Waals surface area (Å²) in [5.74, 6) is 0.174. The van der Waals surface area contributed by atoms with E-state index < -0.39 is 10.2 Å². The lowest BCUT2D eigenvalue weighted by Crippen LogP contribution is -2.40. The lowest BCUT2D eigenvalue weighted by Gasteiger charge is -2.24. The van der Waals surface area contributed by atoms with Crippen molar-refractivity contribution in [2.75, 3.05) is 7.05 Å². The third-order valence-corrected chi connectivity index (χ3v) is 4.90. The van der Waals surface area contributed by atoms with Crippen LogP contribution in [-0.4, -0.2) is 30.9 Å². The van der Waals surface area contributed by atoms with Crippen molar-refractivity contribution in [2.45, 2.75) is 31.8 Å². The van der Waals surface area contributed by atoms with Crippen LogP contribution < -0.4 is 4.72 Å². The number of benzene rings is 1. The second kappa shape index (κ2) is 4.87. The van der Waals surface area contributed by atoms with Gasteiger partial charge in [0.15, 0.2) is 0 Å². The third-order valence-electron chi connectivity index (χ3n) is 3.19. The molecule has 1 aliphatic carbocycles. The molecule has 1 atom stereocenters. The SMILES string of the molecule is CC(c1ccc(O)cc1)N(C)S(=O)(=O)NC1CC1. The third kappa shape index (κ3) is 3.01. The number of nitrogens with one attached hydrogen (secondary N) is 1. The molecule has 2 rings (SSSR count). The molecule has 0 heterocycles. The molecule has 1 fully saturated rings. The Labute approximate surface area is 108 Å². The van der Waals surface area contributed by atoms with Gasteiger partial charge in [-0.25, -0.2) is 0 Å². The van der Waals surface area contributed by atoms with Crippen molar-refractivity contribution < 1.29 is 13.5 Å². The molecule has 1 aromatic carbocycles. The first-order chi connectivity index (χ1) is 8.40. The van der Waals surface area contributed by atoms with Crippen LogP contribution in [0.1, 0.15) is 31.4 Å². The maximum Gasteiger partial charge on any atom is 0.279 e. The van der Waals surface area contributed by atoms with Gasteiger partial charge in [0, 0.05) is 19.1 Å². The number of nitrogens with zero attached hydrogens (tertiary/aromatic N) is 1. The Morgan fingerprint density at radius 2 is 1.89 bits per heavy atom. The first-order valence-corrected chi connectivity index (χ1v) is 7.38. The van der Waals surface area contributed by atoms with Gasteiger partial charge in [-0.15, -0.1) is 0 Å². The predicted molar refractivity (Wildman–Crippen MR) is 69.4 cm³/mol. The van der Waals surface area contributed by atoms with E-state index in [1.165, 1.54) is 4.31 Å². The zero-order valence-corrected chi connectivity index (χ0v) is 11.3. The molecule has 0 saturated heterocycles. The van der Waals surface area contributed by atoms with E-state index >= 15 is 0 Å². The second-order valence-electron chi connectivity index (χ2n) is 4.68. The van der Waals surface area contributed by atoms with Gasteiger partial charge in [0.05, 0.1) is 0 Å². The fourth-order valence-electron chi connectivity index (χ4n) is 1.67. The van der Waals surface area contributed by atoms with Crippen molar-refractivity contribution in [3.05, 3.63) is 29.8 Å². The second-order valence-corrected chi connectivity index (χ2v) is 6.44. The van der Waals surface area contributed by atoms with E-state index in [-0.39, 0.29) is 17.8 Å². The molecular weight excluding hydrogens is 252 g/mol. The van der Waals surface area contributed by atoms with E-state index in [9.17, 15) is 13.5 Å². The molecule has 1 aliphatic rings. The van der Waals surface area contributed by atoms with Gasteiger partial charge >= 0.3 is 0 Å². The Morgan fingerprint density at radius 1 is 1.33 bits per heavy atom. The van der Waals surface area contributed by atoms with Crippen LogP contribution in [0.2, 0.25) is 0 Å². The summed E-state index contributed by atoms with van der Waals surface area (Å²) in [6.07, 6.45) is 1.83. The van der Waals surface area contributed by atoms with Crippen LogP contribution >= 0.6 is 0 Å². The van der Waals surface area contributed by atoms with Crippen LogP contribution in [0.5, 0.6) is 5.75 Å². The highest BCUT2D eigenvalue weighted by molar-refractivity contribution is 7.87. The summed E-state index contributed by atoms with van der Waals surface area (Å²) >= 11 is 0. The van der Waals surface area contributed by atoms with E-state index in [1.807, 2.05) is 6.92 Å². The highest BCUT2D eigenvalue weighted by Gasteiger charge is 2.31. The van der Waals surface area contributed by atoms with Crippen molar-refractivity contribution in [2.24, 2.45) is 0 Å². The Bertz CT molecular complexity index is 509. The largest absolute Gasteiger partial charge is 0.508 e. The van der Waals surface area contributed by atoms with Crippen LogP contribution in [0.3, 0.4) is 0 Å². The van der Waals surface area contributed by atoms with E-state index in [2.05, 4.69) is 4.72 Å². The van der Waals surface area contributed by atoms with Gasteiger partial charge in [0.25, 0.3) is 10.2 Å². The first kappa shape index (κ1) is 13.3. The summed E-state index contributed by atoms with van der Waals surface area (Å²) < 4.78 is 28.0. The molecule has 0 bridgehead atoms. The molecular formula is C12H18N2O3S. The Morgan fingerprint density at radius 3 is 2.39 bits per heavy atom. The van der Waals surface area contributed by atoms with Gasteiger partial charge in [-0.05, 0) is 37.5 Å². The molecule has 0 radical (unpaired) electrons. The van der Waals surface area contributed by atoms with Crippen LogP contribution in [-0.2, 0) is 10.2 Å². The highest BCUT2D eigenvalue weighted by atomic mass is 32.2. The number of phenolic OH excluding ortho intramolecular Hbond substituents is 1. The minimum Gasteiger partial charge on any atom is -0.508 e. The van der Waals surface area contributed by atoms with Gasteiger partial charge in [-0.2, -0.15) is 17.4 Å². The average molecular weight is 270 g/mol. The van der Waals surface area contributed by atoms with Crippen molar-refractivity contribution in [1.82, 2.24) is 9.03 Å². The average Bonchev–Trinajstić information content (AvgIpc) is 3.11. The van der Waals surface area contributed by atoms with E-state index in [1.54, 1.807) is 31.3 Å². The molecule has 1 aromatic rings. The number of hydrogen-bond donors (Lipinski definition) is 2. The van der Waals surface area contributed by atoms with Gasteiger partial charge in [-0.1, -0.05) is 12.1 Å². The quantitative estimate of drug-likeness (QED) is 0.849. The molecule has 100 valence electrons. The van der Waals surface area contributed by atoms with Crippen LogP contribution in [0, 0.1) is 0 Å². The fourth-order valence-corrected chi connectivity index (χ4v) is 3.03. The minimum atomic E-state index is -3.43. The minimum absolute atomic E-state index is 0.101. The molecule has 1 unspecified atom stereocenters. The van der Waals surface area contributed by atoms with Gasteiger partial charge in [0.1, 0.15) is 5.75 Å². The van der Waals surface area contributed by atoms with Crippen LogP contribution in [0.4, 0.5) is 0 Å². The summed E-state index contributed by atoms with van der Waals surface area (Å²) in [4.78, 5) is 0. The molecule has 0 spiro atoms. The molecule has 0 aromatic heterocycles. The Kier molecular flexibility index (Phi) is 3.61. The lowest BCUT2D eigenvalue weighted by atomic mass is 10.1. The van der Waals surface area contributed by atoms with Gasteiger partial charge in [0.2, 0.25) is 0 Å². The van der Waals surface area contributed by atoms with E-state index in [0.29, 0.717) is 0 Å². The number of hydrogen-bond acceptors (Lipinski definition) is 3. The topological polar surface area (TPSA) is 69.6 Å². The van der Waals surface area contributed by atoms with Crippen molar-refractivity contribution >= 4 is 10.2 Å². The smallest absolute Gasteiger partial charge is 0.279 e. The normalized spacial score (nSPS) is 17.9. The summed E-state index contributed by atoms with van der Waals surface area (Å²) in [6, 6.07) is 6.39. The van der Waals surface area contributed by atoms with Crippen LogP contribution in [0.15, 0.2) is 24.3 Å². The summed E-state index contributed by atoms with van der Waals surface area (Å²) in [5, 5.41) is 9.22. The maximum atomic E-state index is 12.0. The summed E-state index contributed by atoms with van der Waals surface area (Å²) in [5.41, 5.74) is 0.844. The number of rotatable bonds is 5. The zero-order chi connectivity index (χ0) is 13.3. The van der Waals surface area contributed by atoms with Crippen molar-refractivity contribution in [3.8, 4) is 5.75 Å². The molecule has 0 aliphatic heterocycles. The lowest BCUT2D eigenvalue weighted by molar-refractivity contribution is 0.390. The number of phenols is 1. The summed E-state index contributed by atoms with van der Waals surface area (Å²) in [7, 11) is -1.88. The highest BCUT2D eigenvalue weighted by Crippen LogP contribution is 2.25. The summed E-state index contributed by atoms with van der Waals surface area (Å²) in [6.45, 7) is 1.82. The van der Waals surface area contributed by atoms with E-state index in [0.717, 1.165) is 18.4 Å². The molecule has 5 nitrogen and oxygen atoms in total. The molecule has 1 saturated carbocycles. The first-order valence-electron chi connectivity index (χ1n) is 5.94. The Balaban J connectivity index is 2.11. The number of aromatic hydroxyl groups is 1. The van der Waals surface area contributed by atoms with Crippen molar-refractivity contribution in [1.29, 1.82) is 0 Å². The molecule has 6 heteroatoms. The van der Waals surface area contributed by atoms with E-state index in [4.69, 9.17) is 0 Å². The zero-order valence-electron chi connectivity index (χ0n) is 10.5. The Hall–Kier alpha value is -1.11. The van der Waals surface area contributed by atoms with Crippen molar-refractivity contribution in [3.63, 3.8) is 0 Å². The standard InChI is InChI=1S/C12H18N2O3S/c1-9(10-3-7-12(15)8-4-10)14(2)18(16,17)13-11-5-6-11/h3-4,7-9,11,13,15H,5-6H2,1-2H3. The molecule has 18 heavy (non-hydrogen) atoms. The maximum absolute atomic E-state index is 12.0. The van der Waals surface area contributed by atoms with Gasteiger partial charge < -0.3 is 5.11 Å². The molecule has 0 amide bonds. The van der Waals surface area contributed by atoms with Gasteiger partial charge in [-0.3, -0.25) is 0 Å². The van der Waals surface area contributed by atoms with Crippen LogP contribution in [0.25, 0.3) is 0 Å². The predicted octanol–water partition coefficient (Wildman–Crippen LogP) is 1.38. The fraction of sp³-hybridized carbons (Fsp3) is 0.500.